The molecule has 6 heteroatoms. The topological polar surface area (TPSA) is 78.8 Å². The van der Waals surface area contributed by atoms with E-state index in [4.69, 9.17) is 5.11 Å². The van der Waals surface area contributed by atoms with Gasteiger partial charge in [0.15, 0.2) is 0 Å². The Labute approximate surface area is 129 Å². The highest BCUT2D eigenvalue weighted by atomic mass is 79.9. The van der Waals surface area contributed by atoms with Gasteiger partial charge in [0.05, 0.1) is 11.8 Å². The van der Waals surface area contributed by atoms with Crippen molar-refractivity contribution in [3.63, 3.8) is 0 Å². The average molecular weight is 347 g/mol. The van der Waals surface area contributed by atoms with E-state index in [1.54, 1.807) is 36.4 Å². The molecule has 0 aliphatic carbocycles. The summed E-state index contributed by atoms with van der Waals surface area (Å²) in [7, 11) is 0. The van der Waals surface area contributed by atoms with Gasteiger partial charge < -0.3 is 5.11 Å². The molecule has 0 bridgehead atoms. The molecule has 21 heavy (non-hydrogen) atoms. The maximum atomic E-state index is 11.8. The normalized spacial score (nSPS) is 10.5. The van der Waals surface area contributed by atoms with Gasteiger partial charge in [0, 0.05) is 10.0 Å². The maximum absolute atomic E-state index is 11.8. The van der Waals surface area contributed by atoms with Crippen LogP contribution in [0.1, 0.15) is 26.3 Å². The molecular weight excluding hydrogens is 336 g/mol. The number of hydrazone groups is 1. The number of hydrogen-bond acceptors (Lipinski definition) is 3. The molecule has 0 unspecified atom stereocenters. The van der Waals surface area contributed by atoms with Crippen LogP contribution in [0.15, 0.2) is 58.1 Å². The summed E-state index contributed by atoms with van der Waals surface area (Å²) in [6.45, 7) is 0. The highest BCUT2D eigenvalue weighted by Gasteiger charge is 2.03. The standard InChI is InChI=1S/C15H11BrN2O3/c16-13-7-5-11(6-8-13)14(19)18-17-9-10-1-3-12(4-2-10)15(20)21/h1-9H,(H,18,19)(H,20,21). The second kappa shape index (κ2) is 6.81. The minimum absolute atomic E-state index is 0.200. The van der Waals surface area contributed by atoms with Crippen molar-refractivity contribution in [1.82, 2.24) is 5.43 Å². The zero-order valence-corrected chi connectivity index (χ0v) is 12.4. The Hall–Kier alpha value is -2.47. The number of nitrogens with one attached hydrogen (secondary N) is 1. The lowest BCUT2D eigenvalue weighted by Gasteiger charge is -2.00. The van der Waals surface area contributed by atoms with E-state index in [9.17, 15) is 9.59 Å². The van der Waals surface area contributed by atoms with E-state index in [-0.39, 0.29) is 11.5 Å². The summed E-state index contributed by atoms with van der Waals surface area (Å²) in [6.07, 6.45) is 1.45. The SMILES string of the molecule is O=C(O)c1ccc(C=NNC(=O)c2ccc(Br)cc2)cc1. The van der Waals surface area contributed by atoms with Crippen LogP contribution in [0.3, 0.4) is 0 Å². The van der Waals surface area contributed by atoms with E-state index >= 15 is 0 Å². The number of carbonyl (C=O) groups is 2. The zero-order valence-electron chi connectivity index (χ0n) is 10.8. The Balaban J connectivity index is 1.97. The van der Waals surface area contributed by atoms with Gasteiger partial charge >= 0.3 is 5.97 Å². The van der Waals surface area contributed by atoms with E-state index in [1.165, 1.54) is 18.3 Å². The Kier molecular flexibility index (Phi) is 4.84. The lowest BCUT2D eigenvalue weighted by Crippen LogP contribution is -2.17. The zero-order chi connectivity index (χ0) is 15.2. The first-order valence-corrected chi connectivity index (χ1v) is 6.78. The van der Waals surface area contributed by atoms with Crippen molar-refractivity contribution in [2.45, 2.75) is 0 Å². The first kappa shape index (κ1) is 14.9. The molecule has 0 saturated heterocycles. The number of halogens is 1. The van der Waals surface area contributed by atoms with Crippen LogP contribution in [0.2, 0.25) is 0 Å². The summed E-state index contributed by atoms with van der Waals surface area (Å²) >= 11 is 3.29. The van der Waals surface area contributed by atoms with Gasteiger partial charge in [-0.25, -0.2) is 10.2 Å². The Bertz CT molecular complexity index is 679. The van der Waals surface area contributed by atoms with Gasteiger partial charge in [-0.3, -0.25) is 4.79 Å². The number of benzene rings is 2. The Morgan fingerprint density at radius 2 is 1.57 bits per heavy atom. The van der Waals surface area contributed by atoms with Gasteiger partial charge in [0.1, 0.15) is 0 Å². The molecule has 2 rings (SSSR count). The number of hydrogen-bond donors (Lipinski definition) is 2. The van der Waals surface area contributed by atoms with Gasteiger partial charge in [-0.2, -0.15) is 5.10 Å². The van der Waals surface area contributed by atoms with Gasteiger partial charge in [-0.05, 0) is 42.0 Å². The largest absolute Gasteiger partial charge is 0.478 e. The van der Waals surface area contributed by atoms with Crippen LogP contribution in [0.25, 0.3) is 0 Å². The molecule has 0 aromatic heterocycles. The number of carboxylic acid groups (broad SMARTS) is 1. The van der Waals surface area contributed by atoms with Crippen molar-refractivity contribution in [1.29, 1.82) is 0 Å². The van der Waals surface area contributed by atoms with Gasteiger partial charge in [-0.15, -0.1) is 0 Å². The summed E-state index contributed by atoms with van der Waals surface area (Å²) in [4.78, 5) is 22.5. The summed E-state index contributed by atoms with van der Waals surface area (Å²) < 4.78 is 0.890. The van der Waals surface area contributed by atoms with Crippen LogP contribution in [0, 0.1) is 0 Å². The summed E-state index contributed by atoms with van der Waals surface area (Å²) in [5.74, 6) is -1.30. The summed E-state index contributed by atoms with van der Waals surface area (Å²) in [5, 5.41) is 12.6. The molecule has 0 aliphatic rings. The Morgan fingerprint density at radius 3 is 2.14 bits per heavy atom. The first-order chi connectivity index (χ1) is 10.1. The van der Waals surface area contributed by atoms with Gasteiger partial charge in [0.25, 0.3) is 5.91 Å². The fourth-order valence-corrected chi connectivity index (χ4v) is 1.81. The molecule has 106 valence electrons. The quantitative estimate of drug-likeness (QED) is 0.659. The highest BCUT2D eigenvalue weighted by molar-refractivity contribution is 9.10. The number of nitrogens with zero attached hydrogens (tertiary/aromatic N) is 1. The van der Waals surface area contributed by atoms with E-state index in [0.717, 1.165) is 4.47 Å². The van der Waals surface area contributed by atoms with Crippen molar-refractivity contribution in [3.8, 4) is 0 Å². The molecule has 0 atom stereocenters. The van der Waals surface area contributed by atoms with Crippen molar-refractivity contribution in [3.05, 3.63) is 69.7 Å². The van der Waals surface area contributed by atoms with E-state index in [0.29, 0.717) is 11.1 Å². The van der Waals surface area contributed by atoms with Gasteiger partial charge in [-0.1, -0.05) is 28.1 Å². The van der Waals surface area contributed by atoms with Crippen molar-refractivity contribution >= 4 is 34.0 Å². The summed E-state index contributed by atoms with van der Waals surface area (Å²) in [5.41, 5.74) is 3.79. The van der Waals surface area contributed by atoms with Crippen molar-refractivity contribution in [2.24, 2.45) is 5.10 Å². The predicted molar refractivity (Wildman–Crippen MR) is 82.6 cm³/mol. The first-order valence-electron chi connectivity index (χ1n) is 5.98. The lowest BCUT2D eigenvalue weighted by molar-refractivity contribution is 0.0696. The van der Waals surface area contributed by atoms with E-state index < -0.39 is 5.97 Å². The molecule has 0 fully saturated rings. The second-order valence-corrected chi connectivity index (χ2v) is 5.05. The van der Waals surface area contributed by atoms with Crippen LogP contribution in [0.4, 0.5) is 0 Å². The molecule has 2 aromatic rings. The summed E-state index contributed by atoms with van der Waals surface area (Å²) in [6, 6.07) is 13.1. The third-order valence-corrected chi connectivity index (χ3v) is 3.17. The average Bonchev–Trinajstić information content (AvgIpc) is 2.48. The molecule has 0 aliphatic heterocycles. The van der Waals surface area contributed by atoms with Crippen LogP contribution < -0.4 is 5.43 Å². The van der Waals surface area contributed by atoms with Crippen LogP contribution in [-0.2, 0) is 0 Å². The molecule has 0 heterocycles. The fourth-order valence-electron chi connectivity index (χ4n) is 1.54. The van der Waals surface area contributed by atoms with Crippen LogP contribution >= 0.6 is 15.9 Å². The number of carboxylic acids is 1. The number of carbonyl (C=O) groups excluding carboxylic acids is 1. The molecule has 0 spiro atoms. The van der Waals surface area contributed by atoms with Gasteiger partial charge in [0.2, 0.25) is 0 Å². The maximum Gasteiger partial charge on any atom is 0.335 e. The lowest BCUT2D eigenvalue weighted by atomic mass is 10.1. The number of rotatable bonds is 4. The van der Waals surface area contributed by atoms with Crippen molar-refractivity contribution < 1.29 is 14.7 Å². The predicted octanol–water partition coefficient (Wildman–Crippen LogP) is 2.91. The molecule has 0 radical (unpaired) electrons. The van der Waals surface area contributed by atoms with Crippen molar-refractivity contribution in [2.75, 3.05) is 0 Å². The third-order valence-electron chi connectivity index (χ3n) is 2.64. The number of amides is 1. The monoisotopic (exact) mass is 346 g/mol. The molecular formula is C15H11BrN2O3. The van der Waals surface area contributed by atoms with Crippen LogP contribution in [0.5, 0.6) is 0 Å². The third kappa shape index (κ3) is 4.25. The molecule has 2 aromatic carbocycles. The smallest absolute Gasteiger partial charge is 0.335 e. The Morgan fingerprint density at radius 1 is 1.00 bits per heavy atom. The number of aromatic carboxylic acids is 1. The minimum Gasteiger partial charge on any atom is -0.478 e. The molecule has 5 nitrogen and oxygen atoms in total. The second-order valence-electron chi connectivity index (χ2n) is 4.13. The van der Waals surface area contributed by atoms with Crippen LogP contribution in [-0.4, -0.2) is 23.2 Å². The molecule has 2 N–H and O–H groups in total. The van der Waals surface area contributed by atoms with E-state index in [2.05, 4.69) is 26.5 Å². The van der Waals surface area contributed by atoms with E-state index in [1.807, 2.05) is 0 Å². The fraction of sp³-hybridized carbons (Fsp3) is 0. The minimum atomic E-state index is -0.984. The highest BCUT2D eigenvalue weighted by Crippen LogP contribution is 2.10. The molecule has 1 amide bonds. The molecule has 0 saturated carbocycles.